The van der Waals surface area contributed by atoms with Gasteiger partial charge in [0.25, 0.3) is 0 Å². The number of amides is 1. The summed E-state index contributed by atoms with van der Waals surface area (Å²) in [5, 5.41) is 3.36. The van der Waals surface area contributed by atoms with Gasteiger partial charge in [-0.15, -0.1) is 24.0 Å². The molecule has 2 heterocycles. The van der Waals surface area contributed by atoms with Gasteiger partial charge in [-0.1, -0.05) is 0 Å². The first-order valence-corrected chi connectivity index (χ1v) is 9.28. The quantitative estimate of drug-likeness (QED) is 0.340. The number of aryl methyl sites for hydroxylation is 1. The molecule has 1 saturated heterocycles. The standard InChI is InChI=1S/C17H28BrN5O2.HI/c1-21(2)16(24)10-20-17(19-9-15-6-5-7-25-15)23(4)12-14-8-13(18)11-22(14)3;/h8,11,15H,5-7,9-10,12H2,1-4H3,(H,19,20);1H. The molecule has 0 saturated carbocycles. The number of carbonyl (C=O) groups excluding carboxylic acids is 1. The van der Waals surface area contributed by atoms with Crippen LogP contribution in [-0.2, 0) is 23.1 Å². The molecule has 0 spiro atoms. The Labute approximate surface area is 181 Å². The van der Waals surface area contributed by atoms with Crippen LogP contribution in [0.4, 0.5) is 0 Å². The summed E-state index contributed by atoms with van der Waals surface area (Å²) in [6, 6.07) is 2.08. The van der Waals surface area contributed by atoms with Crippen molar-refractivity contribution in [2.75, 3.05) is 40.8 Å². The van der Waals surface area contributed by atoms with Crippen LogP contribution in [0.15, 0.2) is 21.7 Å². The fraction of sp³-hybridized carbons (Fsp3) is 0.647. The average molecular weight is 542 g/mol. The Morgan fingerprint density at radius 2 is 2.19 bits per heavy atom. The monoisotopic (exact) mass is 541 g/mol. The lowest BCUT2D eigenvalue weighted by molar-refractivity contribution is -0.127. The molecule has 0 radical (unpaired) electrons. The first-order valence-electron chi connectivity index (χ1n) is 8.48. The van der Waals surface area contributed by atoms with Crippen LogP contribution in [0.1, 0.15) is 18.5 Å². The fourth-order valence-electron chi connectivity index (χ4n) is 2.65. The maximum Gasteiger partial charge on any atom is 0.243 e. The molecule has 148 valence electrons. The van der Waals surface area contributed by atoms with Crippen molar-refractivity contribution in [1.82, 2.24) is 19.7 Å². The number of halogens is 2. The van der Waals surface area contributed by atoms with Crippen LogP contribution in [0.2, 0.25) is 0 Å². The van der Waals surface area contributed by atoms with Crippen LogP contribution < -0.4 is 5.32 Å². The second-order valence-corrected chi connectivity index (χ2v) is 7.48. The number of likely N-dealkylation sites (N-methyl/N-ethyl adjacent to an activating group) is 1. The predicted octanol–water partition coefficient (Wildman–Crippen LogP) is 2.05. The lowest BCUT2D eigenvalue weighted by Gasteiger charge is -2.24. The van der Waals surface area contributed by atoms with E-state index in [-0.39, 0.29) is 42.5 Å². The fourth-order valence-corrected chi connectivity index (χ4v) is 3.22. The number of hydrogen-bond donors (Lipinski definition) is 1. The van der Waals surface area contributed by atoms with E-state index < -0.39 is 0 Å². The summed E-state index contributed by atoms with van der Waals surface area (Å²) in [5.74, 6) is 0.689. The largest absolute Gasteiger partial charge is 0.376 e. The Morgan fingerprint density at radius 3 is 2.73 bits per heavy atom. The Morgan fingerprint density at radius 1 is 1.46 bits per heavy atom. The van der Waals surface area contributed by atoms with E-state index >= 15 is 0 Å². The van der Waals surface area contributed by atoms with E-state index in [1.807, 2.05) is 25.2 Å². The topological polar surface area (TPSA) is 62.1 Å². The zero-order valence-corrected chi connectivity index (χ0v) is 19.8. The zero-order chi connectivity index (χ0) is 18.4. The predicted molar refractivity (Wildman–Crippen MR) is 118 cm³/mol. The van der Waals surface area contributed by atoms with Crippen LogP contribution in [-0.4, -0.2) is 73.2 Å². The van der Waals surface area contributed by atoms with Gasteiger partial charge in [-0.2, -0.15) is 0 Å². The van der Waals surface area contributed by atoms with E-state index in [1.165, 1.54) is 0 Å². The number of aliphatic imine (C=N–C) groups is 1. The lowest BCUT2D eigenvalue weighted by atomic mass is 10.2. The van der Waals surface area contributed by atoms with E-state index in [4.69, 9.17) is 4.74 Å². The van der Waals surface area contributed by atoms with Gasteiger partial charge >= 0.3 is 0 Å². The molecule has 26 heavy (non-hydrogen) atoms. The number of ether oxygens (including phenoxy) is 1. The third kappa shape index (κ3) is 7.07. The third-order valence-corrected chi connectivity index (χ3v) is 4.64. The van der Waals surface area contributed by atoms with Gasteiger partial charge in [0.2, 0.25) is 5.91 Å². The number of aromatic nitrogens is 1. The second kappa shape index (κ2) is 11.1. The molecule has 1 amide bonds. The number of nitrogens with zero attached hydrogens (tertiary/aromatic N) is 4. The summed E-state index contributed by atoms with van der Waals surface area (Å²) < 4.78 is 8.79. The van der Waals surface area contributed by atoms with Gasteiger partial charge in [0, 0.05) is 57.7 Å². The van der Waals surface area contributed by atoms with Crippen molar-refractivity contribution in [3.8, 4) is 0 Å². The molecule has 1 N–H and O–H groups in total. The highest BCUT2D eigenvalue weighted by molar-refractivity contribution is 14.0. The molecular formula is C17H29BrIN5O2. The minimum atomic E-state index is -0.0218. The van der Waals surface area contributed by atoms with Gasteiger partial charge in [0.15, 0.2) is 5.96 Å². The maximum absolute atomic E-state index is 11.9. The van der Waals surface area contributed by atoms with Crippen LogP contribution in [0.25, 0.3) is 0 Å². The van der Waals surface area contributed by atoms with Crippen LogP contribution in [0.5, 0.6) is 0 Å². The number of nitrogens with one attached hydrogen (secondary N) is 1. The van der Waals surface area contributed by atoms with Crippen molar-refractivity contribution in [2.24, 2.45) is 12.0 Å². The number of carbonyl (C=O) groups is 1. The molecule has 7 nitrogen and oxygen atoms in total. The van der Waals surface area contributed by atoms with Gasteiger partial charge in [-0.25, -0.2) is 4.99 Å². The van der Waals surface area contributed by atoms with E-state index in [0.29, 0.717) is 19.0 Å². The molecule has 1 atom stereocenters. The summed E-state index contributed by atoms with van der Waals surface area (Å²) in [6.07, 6.45) is 4.40. The second-order valence-electron chi connectivity index (χ2n) is 6.56. The zero-order valence-electron chi connectivity index (χ0n) is 15.9. The van der Waals surface area contributed by atoms with Crippen LogP contribution in [0, 0.1) is 0 Å². The molecule has 0 aromatic carbocycles. The number of rotatable bonds is 6. The number of guanidine groups is 1. The molecule has 0 aliphatic carbocycles. The van der Waals surface area contributed by atoms with Crippen molar-refractivity contribution in [3.63, 3.8) is 0 Å². The Bertz CT molecular complexity index is 614. The summed E-state index contributed by atoms with van der Waals surface area (Å²) in [6.45, 7) is 2.35. The van der Waals surface area contributed by atoms with Gasteiger partial charge < -0.3 is 24.4 Å². The smallest absolute Gasteiger partial charge is 0.243 e. The molecule has 1 fully saturated rings. The molecule has 1 aliphatic rings. The summed E-state index contributed by atoms with van der Waals surface area (Å²) in [7, 11) is 7.47. The van der Waals surface area contributed by atoms with Gasteiger partial charge in [-0.05, 0) is 34.8 Å². The molecule has 1 aliphatic heterocycles. The first-order chi connectivity index (χ1) is 11.9. The van der Waals surface area contributed by atoms with Gasteiger partial charge in [0.1, 0.15) is 6.54 Å². The van der Waals surface area contributed by atoms with Crippen LogP contribution >= 0.6 is 39.9 Å². The van der Waals surface area contributed by atoms with Crippen molar-refractivity contribution in [3.05, 3.63) is 22.4 Å². The molecular weight excluding hydrogens is 513 g/mol. The van der Waals surface area contributed by atoms with E-state index in [0.717, 1.165) is 29.6 Å². The molecule has 9 heteroatoms. The lowest BCUT2D eigenvalue weighted by Crippen LogP contribution is -2.42. The maximum atomic E-state index is 11.9. The van der Waals surface area contributed by atoms with Crippen molar-refractivity contribution in [1.29, 1.82) is 0 Å². The average Bonchev–Trinajstić information content (AvgIpc) is 3.16. The highest BCUT2D eigenvalue weighted by Gasteiger charge is 2.18. The Hall–Kier alpha value is -0.810. The van der Waals surface area contributed by atoms with Crippen LogP contribution in [0.3, 0.4) is 0 Å². The Kier molecular flexibility index (Phi) is 9.94. The van der Waals surface area contributed by atoms with Gasteiger partial charge in [-0.3, -0.25) is 4.79 Å². The molecule has 1 unspecified atom stereocenters. The van der Waals surface area contributed by atoms with E-state index in [1.54, 1.807) is 19.0 Å². The van der Waals surface area contributed by atoms with E-state index in [2.05, 4.69) is 36.9 Å². The molecule has 0 bridgehead atoms. The van der Waals surface area contributed by atoms with Crippen molar-refractivity contribution < 1.29 is 9.53 Å². The number of hydrogen-bond acceptors (Lipinski definition) is 3. The first kappa shape index (κ1) is 23.2. The SMILES string of the molecule is CN(C)C(=O)CN=C(NCC1CCCO1)N(C)Cc1cc(Br)cn1C.I. The molecule has 1 aromatic rings. The van der Waals surface area contributed by atoms with Crippen molar-refractivity contribution >= 4 is 51.8 Å². The summed E-state index contributed by atoms with van der Waals surface area (Å²) in [5.41, 5.74) is 1.15. The highest BCUT2D eigenvalue weighted by Crippen LogP contribution is 2.15. The summed E-state index contributed by atoms with van der Waals surface area (Å²) in [4.78, 5) is 20.0. The van der Waals surface area contributed by atoms with E-state index in [9.17, 15) is 4.79 Å². The summed E-state index contributed by atoms with van der Waals surface area (Å²) >= 11 is 3.50. The normalized spacial score (nSPS) is 17.0. The minimum Gasteiger partial charge on any atom is -0.376 e. The molecule has 2 rings (SSSR count). The Balaban J connectivity index is 0.00000338. The highest BCUT2D eigenvalue weighted by atomic mass is 127. The van der Waals surface area contributed by atoms with Crippen molar-refractivity contribution in [2.45, 2.75) is 25.5 Å². The minimum absolute atomic E-state index is 0. The van der Waals surface area contributed by atoms with Gasteiger partial charge in [0.05, 0.1) is 12.6 Å². The molecule has 1 aromatic heterocycles. The third-order valence-electron chi connectivity index (χ3n) is 4.21.